The Bertz CT molecular complexity index is 474. The molecule has 1 heterocycles. The van der Waals surface area contributed by atoms with E-state index in [4.69, 9.17) is 10.7 Å². The first-order chi connectivity index (χ1) is 8.22. The second-order valence-corrected chi connectivity index (χ2v) is 5.47. The Labute approximate surface area is 107 Å². The molecule has 0 fully saturated rings. The van der Waals surface area contributed by atoms with E-state index in [0.717, 1.165) is 11.4 Å². The first-order valence-electron chi connectivity index (χ1n) is 5.97. The van der Waals surface area contributed by atoms with Crippen LogP contribution in [0.2, 0.25) is 0 Å². The van der Waals surface area contributed by atoms with Crippen LogP contribution in [0.25, 0.3) is 10.6 Å². The highest BCUT2D eigenvalue weighted by Crippen LogP contribution is 2.31. The predicted octanol–water partition coefficient (Wildman–Crippen LogP) is 3.43. The Morgan fingerprint density at radius 2 is 1.94 bits per heavy atom. The van der Waals surface area contributed by atoms with Gasteiger partial charge in [-0.05, 0) is 18.9 Å². The van der Waals surface area contributed by atoms with Crippen LogP contribution in [0, 0.1) is 0 Å². The maximum absolute atomic E-state index is 5.66. The Hall–Kier alpha value is -1.19. The first-order valence-corrected chi connectivity index (χ1v) is 6.79. The number of nitrogens with zero attached hydrogens (tertiary/aromatic N) is 1. The summed E-state index contributed by atoms with van der Waals surface area (Å²) in [6, 6.07) is 10.3. The van der Waals surface area contributed by atoms with Gasteiger partial charge in [0.25, 0.3) is 0 Å². The molecule has 0 radical (unpaired) electrons. The molecule has 0 bridgehead atoms. The number of benzene rings is 1. The molecule has 17 heavy (non-hydrogen) atoms. The molecule has 0 aliphatic carbocycles. The van der Waals surface area contributed by atoms with Gasteiger partial charge >= 0.3 is 0 Å². The minimum atomic E-state index is 0.463. The molecule has 0 atom stereocenters. The lowest BCUT2D eigenvalue weighted by Gasteiger charge is -2.02. The number of rotatable bonds is 4. The van der Waals surface area contributed by atoms with Crippen molar-refractivity contribution in [3.8, 4) is 10.6 Å². The Morgan fingerprint density at radius 1 is 1.24 bits per heavy atom. The molecule has 2 aromatic rings. The van der Waals surface area contributed by atoms with Gasteiger partial charge < -0.3 is 5.73 Å². The van der Waals surface area contributed by atoms with Gasteiger partial charge in [-0.1, -0.05) is 44.2 Å². The maximum atomic E-state index is 5.66. The van der Waals surface area contributed by atoms with E-state index >= 15 is 0 Å². The topological polar surface area (TPSA) is 38.9 Å². The molecule has 0 amide bonds. The molecule has 90 valence electrons. The van der Waals surface area contributed by atoms with Gasteiger partial charge in [-0.3, -0.25) is 0 Å². The number of aromatic nitrogens is 1. The van der Waals surface area contributed by atoms with Crippen molar-refractivity contribution in [2.24, 2.45) is 5.73 Å². The highest BCUT2D eigenvalue weighted by Gasteiger charge is 2.14. The molecule has 2 N–H and O–H groups in total. The fourth-order valence-electron chi connectivity index (χ4n) is 1.83. The second-order valence-electron chi connectivity index (χ2n) is 4.39. The zero-order chi connectivity index (χ0) is 12.3. The van der Waals surface area contributed by atoms with Crippen LogP contribution in [0.4, 0.5) is 0 Å². The van der Waals surface area contributed by atoms with Crippen LogP contribution < -0.4 is 5.73 Å². The van der Waals surface area contributed by atoms with Crippen molar-refractivity contribution >= 4 is 11.3 Å². The fourth-order valence-corrected chi connectivity index (χ4v) is 3.07. The third-order valence-electron chi connectivity index (χ3n) is 2.67. The molecule has 2 rings (SSSR count). The van der Waals surface area contributed by atoms with Crippen LogP contribution in [0.3, 0.4) is 0 Å². The number of nitrogens with two attached hydrogens (primary N) is 1. The Morgan fingerprint density at radius 3 is 2.53 bits per heavy atom. The highest BCUT2D eigenvalue weighted by atomic mass is 32.1. The van der Waals surface area contributed by atoms with Gasteiger partial charge in [0.05, 0.1) is 5.69 Å². The van der Waals surface area contributed by atoms with Gasteiger partial charge in [0.1, 0.15) is 5.01 Å². The predicted molar refractivity (Wildman–Crippen MR) is 74.4 cm³/mol. The summed E-state index contributed by atoms with van der Waals surface area (Å²) in [5.41, 5.74) is 8.06. The molecule has 2 nitrogen and oxygen atoms in total. The zero-order valence-electron chi connectivity index (χ0n) is 10.3. The van der Waals surface area contributed by atoms with Crippen molar-refractivity contribution in [1.29, 1.82) is 0 Å². The van der Waals surface area contributed by atoms with Gasteiger partial charge in [0, 0.05) is 10.4 Å². The van der Waals surface area contributed by atoms with Crippen LogP contribution in [0.1, 0.15) is 30.3 Å². The first kappa shape index (κ1) is 12.3. The normalized spacial score (nSPS) is 11.1. The summed E-state index contributed by atoms with van der Waals surface area (Å²) in [6.45, 7) is 5.06. The minimum absolute atomic E-state index is 0.463. The van der Waals surface area contributed by atoms with Crippen molar-refractivity contribution in [2.45, 2.75) is 26.2 Å². The summed E-state index contributed by atoms with van der Waals surface area (Å²) in [4.78, 5) is 6.10. The average Bonchev–Trinajstić information content (AvgIpc) is 2.75. The van der Waals surface area contributed by atoms with Crippen LogP contribution in [-0.4, -0.2) is 11.5 Å². The lowest BCUT2D eigenvalue weighted by molar-refractivity contribution is 0.809. The molecular weight excluding hydrogens is 228 g/mol. The monoisotopic (exact) mass is 246 g/mol. The molecule has 0 saturated heterocycles. The maximum Gasteiger partial charge on any atom is 0.123 e. The summed E-state index contributed by atoms with van der Waals surface area (Å²) >= 11 is 1.77. The van der Waals surface area contributed by atoms with E-state index in [1.54, 1.807) is 11.3 Å². The molecule has 0 aliphatic heterocycles. The van der Waals surface area contributed by atoms with Gasteiger partial charge in [0.2, 0.25) is 0 Å². The summed E-state index contributed by atoms with van der Waals surface area (Å²) in [5, 5.41) is 1.11. The summed E-state index contributed by atoms with van der Waals surface area (Å²) in [6.07, 6.45) is 0.929. The highest BCUT2D eigenvalue weighted by molar-refractivity contribution is 7.15. The summed E-state index contributed by atoms with van der Waals surface area (Å²) < 4.78 is 0. The Balaban J connectivity index is 2.40. The lowest BCUT2D eigenvalue weighted by Crippen LogP contribution is -2.04. The summed E-state index contributed by atoms with van der Waals surface area (Å²) in [7, 11) is 0. The fraction of sp³-hybridized carbons (Fsp3) is 0.357. The Kier molecular flexibility index (Phi) is 3.92. The zero-order valence-corrected chi connectivity index (χ0v) is 11.1. The second kappa shape index (κ2) is 5.43. The largest absolute Gasteiger partial charge is 0.330 e. The number of hydrogen-bond acceptors (Lipinski definition) is 3. The van der Waals surface area contributed by atoms with E-state index < -0.39 is 0 Å². The molecule has 1 aromatic heterocycles. The minimum Gasteiger partial charge on any atom is -0.330 e. The van der Waals surface area contributed by atoms with Gasteiger partial charge in [-0.2, -0.15) is 0 Å². The standard InChI is InChI=1S/C14H18N2S/c1-10(2)13-12(8-9-15)17-14(16-13)11-6-4-3-5-7-11/h3-7,10H,8-9,15H2,1-2H3. The van der Waals surface area contributed by atoms with E-state index in [1.807, 2.05) is 18.2 Å². The van der Waals surface area contributed by atoms with Gasteiger partial charge in [0.15, 0.2) is 0 Å². The van der Waals surface area contributed by atoms with E-state index in [2.05, 4.69) is 26.0 Å². The average molecular weight is 246 g/mol. The van der Waals surface area contributed by atoms with Crippen LogP contribution in [-0.2, 0) is 6.42 Å². The molecule has 1 aromatic carbocycles. The molecule has 0 spiro atoms. The van der Waals surface area contributed by atoms with Crippen LogP contribution in [0.15, 0.2) is 30.3 Å². The SMILES string of the molecule is CC(C)c1nc(-c2ccccc2)sc1CCN. The van der Waals surface area contributed by atoms with Crippen molar-refractivity contribution < 1.29 is 0 Å². The molecule has 0 saturated carbocycles. The molecule has 0 aliphatic rings. The van der Waals surface area contributed by atoms with Gasteiger partial charge in [-0.25, -0.2) is 4.98 Å². The summed E-state index contributed by atoms with van der Waals surface area (Å²) in [5.74, 6) is 0.463. The third-order valence-corrected chi connectivity index (χ3v) is 3.85. The van der Waals surface area contributed by atoms with Crippen molar-refractivity contribution in [3.05, 3.63) is 40.9 Å². The van der Waals surface area contributed by atoms with E-state index in [1.165, 1.54) is 16.1 Å². The quantitative estimate of drug-likeness (QED) is 0.897. The van der Waals surface area contributed by atoms with Crippen LogP contribution >= 0.6 is 11.3 Å². The van der Waals surface area contributed by atoms with Crippen molar-refractivity contribution in [1.82, 2.24) is 4.98 Å². The van der Waals surface area contributed by atoms with Crippen molar-refractivity contribution in [2.75, 3.05) is 6.54 Å². The smallest absolute Gasteiger partial charge is 0.123 e. The molecular formula is C14H18N2S. The number of thiazole rings is 1. The van der Waals surface area contributed by atoms with E-state index in [-0.39, 0.29) is 0 Å². The number of hydrogen-bond donors (Lipinski definition) is 1. The molecule has 3 heteroatoms. The van der Waals surface area contributed by atoms with Crippen LogP contribution in [0.5, 0.6) is 0 Å². The van der Waals surface area contributed by atoms with Gasteiger partial charge in [-0.15, -0.1) is 11.3 Å². The van der Waals surface area contributed by atoms with E-state index in [9.17, 15) is 0 Å². The molecule has 0 unspecified atom stereocenters. The van der Waals surface area contributed by atoms with Crippen molar-refractivity contribution in [3.63, 3.8) is 0 Å². The third kappa shape index (κ3) is 2.73. The lowest BCUT2D eigenvalue weighted by atomic mass is 10.1. The van der Waals surface area contributed by atoms with E-state index in [0.29, 0.717) is 12.5 Å².